The maximum Gasteiger partial charge on any atom is 0.168 e. The average Bonchev–Trinajstić information content (AvgIpc) is 2.24. The van der Waals surface area contributed by atoms with Crippen molar-refractivity contribution in [1.29, 1.82) is 0 Å². The Hall–Kier alpha value is -1.36. The molecule has 1 heterocycles. The van der Waals surface area contributed by atoms with Crippen LogP contribution in [0.25, 0.3) is 11.3 Å². The van der Waals surface area contributed by atoms with Gasteiger partial charge in [0.1, 0.15) is 4.60 Å². The van der Waals surface area contributed by atoms with Gasteiger partial charge in [0.2, 0.25) is 0 Å². The molecule has 0 bridgehead atoms. The fraction of sp³-hybridized carbons (Fsp3) is 0. The van der Waals surface area contributed by atoms with E-state index in [0.29, 0.717) is 10.3 Å². The molecule has 76 valence electrons. The average molecular weight is 271 g/mol. The topological polar surface area (TPSA) is 25.8 Å². The predicted octanol–water partition coefficient (Wildman–Crippen LogP) is 3.18. The van der Waals surface area contributed by atoms with Gasteiger partial charge in [0.15, 0.2) is 11.6 Å². The minimum Gasteiger partial charge on any atom is -0.252 e. The smallest absolute Gasteiger partial charge is 0.168 e. The van der Waals surface area contributed by atoms with Gasteiger partial charge in [0, 0.05) is 5.56 Å². The normalized spacial score (nSPS) is 10.3. The van der Waals surface area contributed by atoms with Crippen molar-refractivity contribution < 1.29 is 8.78 Å². The van der Waals surface area contributed by atoms with Crippen molar-refractivity contribution >= 4 is 15.9 Å². The van der Waals surface area contributed by atoms with E-state index in [1.807, 2.05) is 0 Å². The molecule has 0 amide bonds. The van der Waals surface area contributed by atoms with Gasteiger partial charge < -0.3 is 0 Å². The van der Waals surface area contributed by atoms with Crippen LogP contribution in [0.5, 0.6) is 0 Å². The van der Waals surface area contributed by atoms with Crippen LogP contribution in [0.15, 0.2) is 35.2 Å². The van der Waals surface area contributed by atoms with Gasteiger partial charge in [-0.05, 0) is 28.1 Å². The lowest BCUT2D eigenvalue weighted by atomic mass is 10.1. The molecule has 0 unspecified atom stereocenters. The molecule has 0 radical (unpaired) electrons. The Labute approximate surface area is 93.1 Å². The molecule has 0 N–H and O–H groups in total. The van der Waals surface area contributed by atoms with E-state index in [9.17, 15) is 8.78 Å². The van der Waals surface area contributed by atoms with E-state index in [-0.39, 0.29) is 5.56 Å². The summed E-state index contributed by atoms with van der Waals surface area (Å²) in [6, 6.07) is 3.94. The second kappa shape index (κ2) is 4.02. The van der Waals surface area contributed by atoms with Crippen LogP contribution in [0.1, 0.15) is 0 Å². The number of aromatic nitrogens is 2. The summed E-state index contributed by atoms with van der Waals surface area (Å²) in [6.07, 6.45) is 2.81. The van der Waals surface area contributed by atoms with Crippen molar-refractivity contribution in [3.63, 3.8) is 0 Å². The lowest BCUT2D eigenvalue weighted by molar-refractivity contribution is 0.511. The molecule has 0 spiro atoms. The van der Waals surface area contributed by atoms with E-state index in [1.54, 1.807) is 0 Å². The number of rotatable bonds is 1. The standard InChI is InChI=1S/C10H5BrF2N2/c11-9-5-14-8(4-15-9)6-2-1-3-7(12)10(6)13/h1-5H. The molecular formula is C10H5BrF2N2. The Balaban J connectivity index is 2.54. The monoisotopic (exact) mass is 270 g/mol. The fourth-order valence-corrected chi connectivity index (χ4v) is 1.36. The molecule has 0 aliphatic rings. The van der Waals surface area contributed by atoms with Crippen LogP contribution in [-0.4, -0.2) is 9.97 Å². The Morgan fingerprint density at radius 2 is 1.87 bits per heavy atom. The first kappa shape index (κ1) is 10.2. The summed E-state index contributed by atoms with van der Waals surface area (Å²) >= 11 is 3.11. The Bertz CT molecular complexity index is 485. The summed E-state index contributed by atoms with van der Waals surface area (Å²) < 4.78 is 26.8. The highest BCUT2D eigenvalue weighted by atomic mass is 79.9. The van der Waals surface area contributed by atoms with Crippen molar-refractivity contribution in [3.8, 4) is 11.3 Å². The van der Waals surface area contributed by atoms with Crippen LogP contribution in [0.4, 0.5) is 8.78 Å². The molecule has 0 saturated heterocycles. The predicted molar refractivity (Wildman–Crippen MR) is 55.1 cm³/mol. The number of halogens is 3. The Kier molecular flexibility index (Phi) is 2.73. The van der Waals surface area contributed by atoms with Gasteiger partial charge in [-0.25, -0.2) is 13.8 Å². The van der Waals surface area contributed by atoms with Crippen molar-refractivity contribution in [2.24, 2.45) is 0 Å². The Morgan fingerprint density at radius 1 is 1.07 bits per heavy atom. The summed E-state index contributed by atoms with van der Waals surface area (Å²) in [5.74, 6) is -1.80. The highest BCUT2D eigenvalue weighted by molar-refractivity contribution is 9.10. The number of benzene rings is 1. The zero-order valence-electron chi connectivity index (χ0n) is 7.42. The molecule has 0 aliphatic heterocycles. The molecule has 0 aliphatic carbocycles. The lowest BCUT2D eigenvalue weighted by Crippen LogP contribution is -1.92. The zero-order chi connectivity index (χ0) is 10.8. The van der Waals surface area contributed by atoms with Gasteiger partial charge >= 0.3 is 0 Å². The maximum absolute atomic E-state index is 13.3. The highest BCUT2D eigenvalue weighted by Crippen LogP contribution is 2.22. The number of hydrogen-bond donors (Lipinski definition) is 0. The molecule has 1 aromatic heterocycles. The van der Waals surface area contributed by atoms with Crippen molar-refractivity contribution in [2.75, 3.05) is 0 Å². The molecule has 2 aromatic rings. The summed E-state index contributed by atoms with van der Waals surface area (Å²) in [4.78, 5) is 7.83. The number of hydrogen-bond acceptors (Lipinski definition) is 2. The van der Waals surface area contributed by atoms with Crippen LogP contribution in [0.2, 0.25) is 0 Å². The quantitative estimate of drug-likeness (QED) is 0.796. The summed E-state index contributed by atoms with van der Waals surface area (Å²) in [7, 11) is 0. The molecule has 1 aromatic carbocycles. The fourth-order valence-electron chi connectivity index (χ4n) is 1.15. The van der Waals surface area contributed by atoms with Crippen molar-refractivity contribution in [2.45, 2.75) is 0 Å². The molecule has 5 heteroatoms. The van der Waals surface area contributed by atoms with Gasteiger partial charge in [-0.3, -0.25) is 4.98 Å². The lowest BCUT2D eigenvalue weighted by Gasteiger charge is -2.02. The Morgan fingerprint density at radius 3 is 2.53 bits per heavy atom. The largest absolute Gasteiger partial charge is 0.252 e. The molecule has 2 nitrogen and oxygen atoms in total. The first-order valence-corrected chi connectivity index (χ1v) is 4.89. The third-order valence-corrected chi connectivity index (χ3v) is 2.26. The van der Waals surface area contributed by atoms with Crippen molar-refractivity contribution in [3.05, 3.63) is 46.8 Å². The van der Waals surface area contributed by atoms with Crippen LogP contribution >= 0.6 is 15.9 Å². The third-order valence-electron chi connectivity index (χ3n) is 1.85. The van der Waals surface area contributed by atoms with Gasteiger partial charge in [0.05, 0.1) is 18.1 Å². The SMILES string of the molecule is Fc1cccc(-c2cnc(Br)cn2)c1F. The van der Waals surface area contributed by atoms with Gasteiger partial charge in [-0.1, -0.05) is 6.07 Å². The van der Waals surface area contributed by atoms with Gasteiger partial charge in [-0.2, -0.15) is 0 Å². The van der Waals surface area contributed by atoms with Crippen LogP contribution in [0, 0.1) is 11.6 Å². The second-order valence-corrected chi connectivity index (χ2v) is 3.64. The first-order valence-electron chi connectivity index (χ1n) is 4.10. The molecule has 0 atom stereocenters. The summed E-state index contributed by atoms with van der Waals surface area (Å²) in [6.45, 7) is 0. The number of nitrogens with zero attached hydrogens (tertiary/aromatic N) is 2. The third kappa shape index (κ3) is 2.02. The molecular weight excluding hydrogens is 266 g/mol. The maximum atomic E-state index is 13.3. The molecule has 2 rings (SSSR count). The van der Waals surface area contributed by atoms with Gasteiger partial charge in [0.25, 0.3) is 0 Å². The first-order chi connectivity index (χ1) is 7.18. The summed E-state index contributed by atoms with van der Waals surface area (Å²) in [5, 5.41) is 0. The van der Waals surface area contributed by atoms with E-state index in [0.717, 1.165) is 6.07 Å². The molecule has 0 fully saturated rings. The van der Waals surface area contributed by atoms with E-state index in [1.165, 1.54) is 24.5 Å². The summed E-state index contributed by atoms with van der Waals surface area (Å²) in [5.41, 5.74) is 0.408. The highest BCUT2D eigenvalue weighted by Gasteiger charge is 2.10. The minimum absolute atomic E-state index is 0.106. The van der Waals surface area contributed by atoms with Crippen LogP contribution in [0.3, 0.4) is 0 Å². The second-order valence-electron chi connectivity index (χ2n) is 2.83. The van der Waals surface area contributed by atoms with Crippen molar-refractivity contribution in [1.82, 2.24) is 9.97 Å². The zero-order valence-corrected chi connectivity index (χ0v) is 9.00. The van der Waals surface area contributed by atoms with Crippen LogP contribution in [-0.2, 0) is 0 Å². The van der Waals surface area contributed by atoms with E-state index >= 15 is 0 Å². The van der Waals surface area contributed by atoms with E-state index in [4.69, 9.17) is 0 Å². The van der Waals surface area contributed by atoms with E-state index in [2.05, 4.69) is 25.9 Å². The molecule has 15 heavy (non-hydrogen) atoms. The van der Waals surface area contributed by atoms with Crippen LogP contribution < -0.4 is 0 Å². The molecule has 0 saturated carbocycles. The van der Waals surface area contributed by atoms with Gasteiger partial charge in [-0.15, -0.1) is 0 Å². The minimum atomic E-state index is -0.908. The van der Waals surface area contributed by atoms with E-state index < -0.39 is 11.6 Å².